The van der Waals surface area contributed by atoms with Crippen LogP contribution in [0, 0.1) is 0 Å². The number of carbonyl (C=O) groups is 1. The molecule has 1 aromatic heterocycles. The smallest absolute Gasteiger partial charge is 0.338 e. The van der Waals surface area contributed by atoms with Gasteiger partial charge in [-0.2, -0.15) is 5.10 Å². The third-order valence-electron chi connectivity index (χ3n) is 4.33. The van der Waals surface area contributed by atoms with Crippen LogP contribution in [0.1, 0.15) is 27.9 Å². The molecule has 0 saturated heterocycles. The first-order chi connectivity index (χ1) is 13.7. The first-order valence-electron chi connectivity index (χ1n) is 9.00. The molecule has 0 bridgehead atoms. The van der Waals surface area contributed by atoms with E-state index >= 15 is 0 Å². The first-order valence-corrected chi connectivity index (χ1v) is 9.38. The third-order valence-corrected chi connectivity index (χ3v) is 4.61. The van der Waals surface area contributed by atoms with Crippen molar-refractivity contribution >= 4 is 17.6 Å². The lowest BCUT2D eigenvalue weighted by atomic mass is 10.1. The van der Waals surface area contributed by atoms with E-state index in [9.17, 15) is 4.79 Å². The zero-order valence-electron chi connectivity index (χ0n) is 15.1. The van der Waals surface area contributed by atoms with Gasteiger partial charge in [-0.25, -0.2) is 4.79 Å². The SMILES string of the molecule is O=C(OCc1cc(Cl)c2c(c1)OCCCO2)c1ccc(Cn2cccn2)cc1. The van der Waals surface area contributed by atoms with E-state index in [2.05, 4.69) is 5.10 Å². The number of hydrogen-bond acceptors (Lipinski definition) is 5. The quantitative estimate of drug-likeness (QED) is 0.605. The normalized spacial score (nSPS) is 13.0. The van der Waals surface area contributed by atoms with Crippen LogP contribution in [0.25, 0.3) is 0 Å². The summed E-state index contributed by atoms with van der Waals surface area (Å²) >= 11 is 6.28. The van der Waals surface area contributed by atoms with E-state index in [1.165, 1.54) is 0 Å². The van der Waals surface area contributed by atoms with E-state index in [0.717, 1.165) is 17.5 Å². The molecule has 4 rings (SSSR count). The number of hydrogen-bond donors (Lipinski definition) is 0. The zero-order chi connectivity index (χ0) is 19.3. The Balaban J connectivity index is 1.39. The second kappa shape index (κ2) is 8.35. The summed E-state index contributed by atoms with van der Waals surface area (Å²) in [5.41, 5.74) is 2.29. The molecule has 1 aliphatic rings. The highest BCUT2D eigenvalue weighted by Gasteiger charge is 2.16. The summed E-state index contributed by atoms with van der Waals surface area (Å²) in [4.78, 5) is 12.3. The molecule has 7 heteroatoms. The lowest BCUT2D eigenvalue weighted by molar-refractivity contribution is 0.0472. The number of aromatic nitrogens is 2. The first kappa shape index (κ1) is 18.4. The van der Waals surface area contributed by atoms with Gasteiger partial charge in [0, 0.05) is 18.8 Å². The largest absolute Gasteiger partial charge is 0.489 e. The number of fused-ring (bicyclic) bond motifs is 1. The Morgan fingerprint density at radius 2 is 1.96 bits per heavy atom. The van der Waals surface area contributed by atoms with Crippen LogP contribution in [-0.2, 0) is 17.9 Å². The van der Waals surface area contributed by atoms with E-state index in [1.807, 2.05) is 29.1 Å². The fourth-order valence-corrected chi connectivity index (χ4v) is 3.21. The Morgan fingerprint density at radius 3 is 2.75 bits per heavy atom. The maximum absolute atomic E-state index is 12.3. The molecule has 0 unspecified atom stereocenters. The molecule has 1 aliphatic heterocycles. The summed E-state index contributed by atoms with van der Waals surface area (Å²) in [6.45, 7) is 1.89. The van der Waals surface area contributed by atoms with Crippen molar-refractivity contribution in [2.75, 3.05) is 13.2 Å². The summed E-state index contributed by atoms with van der Waals surface area (Å²) in [5.74, 6) is 0.731. The molecule has 0 fully saturated rings. The summed E-state index contributed by atoms with van der Waals surface area (Å²) in [7, 11) is 0. The van der Waals surface area contributed by atoms with Gasteiger partial charge >= 0.3 is 5.97 Å². The van der Waals surface area contributed by atoms with Gasteiger partial charge in [0.2, 0.25) is 0 Å². The maximum atomic E-state index is 12.3. The van der Waals surface area contributed by atoms with Crippen molar-refractivity contribution < 1.29 is 19.0 Å². The van der Waals surface area contributed by atoms with E-state index in [0.29, 0.717) is 41.8 Å². The second-order valence-corrected chi connectivity index (χ2v) is 6.84. The van der Waals surface area contributed by atoms with Crippen LogP contribution in [-0.4, -0.2) is 29.0 Å². The summed E-state index contributed by atoms with van der Waals surface area (Å²) in [6.07, 6.45) is 4.42. The number of halogens is 1. The summed E-state index contributed by atoms with van der Waals surface area (Å²) < 4.78 is 18.5. The van der Waals surface area contributed by atoms with Gasteiger partial charge in [0.15, 0.2) is 11.5 Å². The molecule has 28 heavy (non-hydrogen) atoms. The number of carbonyl (C=O) groups excluding carboxylic acids is 1. The monoisotopic (exact) mass is 398 g/mol. The minimum atomic E-state index is -0.395. The van der Waals surface area contributed by atoms with Crippen molar-refractivity contribution in [2.24, 2.45) is 0 Å². The van der Waals surface area contributed by atoms with Crippen LogP contribution in [0.4, 0.5) is 0 Å². The molecule has 3 aromatic rings. The predicted octanol–water partition coefficient (Wildman–Crippen LogP) is 4.10. The Morgan fingerprint density at radius 1 is 1.14 bits per heavy atom. The molecule has 0 amide bonds. The molecule has 6 nitrogen and oxygen atoms in total. The maximum Gasteiger partial charge on any atom is 0.338 e. The van der Waals surface area contributed by atoms with E-state index in [4.69, 9.17) is 25.8 Å². The topological polar surface area (TPSA) is 62.6 Å². The molecular weight excluding hydrogens is 380 g/mol. The molecule has 0 radical (unpaired) electrons. The van der Waals surface area contributed by atoms with Crippen LogP contribution < -0.4 is 9.47 Å². The van der Waals surface area contributed by atoms with Crippen molar-refractivity contribution in [1.82, 2.24) is 9.78 Å². The minimum Gasteiger partial charge on any atom is -0.489 e. The van der Waals surface area contributed by atoms with Crippen LogP contribution in [0.5, 0.6) is 11.5 Å². The molecule has 0 N–H and O–H groups in total. The van der Waals surface area contributed by atoms with E-state index < -0.39 is 5.97 Å². The van der Waals surface area contributed by atoms with Gasteiger partial charge in [-0.15, -0.1) is 0 Å². The van der Waals surface area contributed by atoms with Crippen LogP contribution in [0.3, 0.4) is 0 Å². The summed E-state index contributed by atoms with van der Waals surface area (Å²) in [6, 6.07) is 12.7. The van der Waals surface area contributed by atoms with Gasteiger partial charge in [-0.05, 0) is 41.5 Å². The lowest BCUT2D eigenvalue weighted by Crippen LogP contribution is -2.06. The molecular formula is C21H19ClN2O4. The van der Waals surface area contributed by atoms with Gasteiger partial charge in [0.05, 0.1) is 30.3 Å². The number of rotatable bonds is 5. The highest BCUT2D eigenvalue weighted by atomic mass is 35.5. The third kappa shape index (κ3) is 4.28. The van der Waals surface area contributed by atoms with E-state index in [1.54, 1.807) is 30.5 Å². The predicted molar refractivity (Wildman–Crippen MR) is 104 cm³/mol. The van der Waals surface area contributed by atoms with Gasteiger partial charge in [-0.3, -0.25) is 4.68 Å². The number of nitrogens with zero attached hydrogens (tertiary/aromatic N) is 2. The molecule has 0 saturated carbocycles. The van der Waals surface area contributed by atoms with Crippen molar-refractivity contribution in [1.29, 1.82) is 0 Å². The van der Waals surface area contributed by atoms with Gasteiger partial charge in [-0.1, -0.05) is 23.7 Å². The summed E-state index contributed by atoms with van der Waals surface area (Å²) in [5, 5.41) is 4.62. The Labute approximate surface area is 167 Å². The van der Waals surface area contributed by atoms with Gasteiger partial charge < -0.3 is 14.2 Å². The molecule has 0 atom stereocenters. The second-order valence-electron chi connectivity index (χ2n) is 6.43. The Bertz CT molecular complexity index is 955. The van der Waals surface area contributed by atoms with Crippen molar-refractivity contribution in [3.05, 3.63) is 76.6 Å². The van der Waals surface area contributed by atoms with Crippen LogP contribution >= 0.6 is 11.6 Å². The fourth-order valence-electron chi connectivity index (χ4n) is 2.93. The van der Waals surface area contributed by atoms with Gasteiger partial charge in [0.25, 0.3) is 0 Å². The average Bonchev–Trinajstić information content (AvgIpc) is 3.09. The number of ether oxygens (including phenoxy) is 3. The number of esters is 1. The standard InChI is InChI=1S/C21H19ClN2O4/c22-18-11-16(12-19-20(18)27-10-2-9-26-19)14-28-21(25)17-5-3-15(4-6-17)13-24-8-1-7-23-24/h1,3-8,11-12H,2,9-10,13-14H2. The molecule has 2 aromatic carbocycles. The van der Waals surface area contributed by atoms with Crippen molar-refractivity contribution in [2.45, 2.75) is 19.6 Å². The van der Waals surface area contributed by atoms with Crippen LogP contribution in [0.15, 0.2) is 54.9 Å². The van der Waals surface area contributed by atoms with Gasteiger partial charge in [0.1, 0.15) is 6.61 Å². The fraction of sp³-hybridized carbons (Fsp3) is 0.238. The zero-order valence-corrected chi connectivity index (χ0v) is 15.9. The molecule has 2 heterocycles. The van der Waals surface area contributed by atoms with Crippen molar-refractivity contribution in [3.8, 4) is 11.5 Å². The average molecular weight is 399 g/mol. The highest BCUT2D eigenvalue weighted by Crippen LogP contribution is 2.38. The minimum absolute atomic E-state index is 0.101. The highest BCUT2D eigenvalue weighted by molar-refractivity contribution is 6.32. The Hall–Kier alpha value is -2.99. The Kier molecular flexibility index (Phi) is 5.48. The van der Waals surface area contributed by atoms with Crippen LogP contribution in [0.2, 0.25) is 5.02 Å². The molecule has 144 valence electrons. The van der Waals surface area contributed by atoms with Crippen molar-refractivity contribution in [3.63, 3.8) is 0 Å². The number of benzene rings is 2. The molecule has 0 spiro atoms. The molecule has 0 aliphatic carbocycles. The lowest BCUT2D eigenvalue weighted by Gasteiger charge is -2.12. The van der Waals surface area contributed by atoms with E-state index in [-0.39, 0.29) is 6.61 Å².